The summed E-state index contributed by atoms with van der Waals surface area (Å²) in [5.41, 5.74) is 0.0486. The molecule has 168 valence electrons. The molecule has 0 spiro atoms. The number of allylic oxidation sites excluding steroid dienone is 2. The Morgan fingerprint density at radius 3 is 2.25 bits per heavy atom. The second kappa shape index (κ2) is 7.80. The number of esters is 1. The van der Waals surface area contributed by atoms with Gasteiger partial charge in [-0.15, -0.1) is 0 Å². The third kappa shape index (κ3) is 3.78. The zero-order valence-corrected chi connectivity index (χ0v) is 16.5. The molecule has 0 amide bonds. The number of aliphatic hydroxyl groups is 2. The molecule has 0 bridgehead atoms. The molecule has 1 aliphatic carbocycles. The standard InChI is InChI=1S/C22H20O10/c23-11-6-14(25)12-8-19(32-22(30)10-4-16(27)20(29)17(28)5-10)21(31-18(12)7-11)9-1-2-13(24)15(26)3-9/h1-2,4-7,9,19,21,23-29H,3,8H2/t9?,19-,21+/m0/s1. The maximum Gasteiger partial charge on any atom is 0.338 e. The average molecular weight is 444 g/mol. The highest BCUT2D eigenvalue weighted by molar-refractivity contribution is 5.91. The van der Waals surface area contributed by atoms with Gasteiger partial charge in [0.2, 0.25) is 0 Å². The minimum absolute atomic E-state index is 0.00526. The second-order valence-corrected chi connectivity index (χ2v) is 7.59. The van der Waals surface area contributed by atoms with Gasteiger partial charge in [0.1, 0.15) is 35.2 Å². The van der Waals surface area contributed by atoms with Gasteiger partial charge in [-0.2, -0.15) is 0 Å². The molecule has 10 nitrogen and oxygen atoms in total. The lowest BCUT2D eigenvalue weighted by Gasteiger charge is -2.37. The van der Waals surface area contributed by atoms with E-state index >= 15 is 0 Å². The van der Waals surface area contributed by atoms with Gasteiger partial charge in [-0.05, 0) is 18.2 Å². The van der Waals surface area contributed by atoms with Crippen LogP contribution in [0.1, 0.15) is 22.3 Å². The normalized spacial score (nSPS) is 22.2. The number of hydrogen-bond donors (Lipinski definition) is 7. The van der Waals surface area contributed by atoms with E-state index in [2.05, 4.69) is 0 Å². The van der Waals surface area contributed by atoms with Crippen LogP contribution in [-0.2, 0) is 11.2 Å². The summed E-state index contributed by atoms with van der Waals surface area (Å²) in [4.78, 5) is 12.7. The number of carbonyl (C=O) groups excluding carboxylic acids is 1. The van der Waals surface area contributed by atoms with Crippen molar-refractivity contribution in [2.75, 3.05) is 0 Å². The van der Waals surface area contributed by atoms with E-state index in [0.29, 0.717) is 0 Å². The number of hydrogen-bond acceptors (Lipinski definition) is 10. The molecule has 3 atom stereocenters. The predicted molar refractivity (Wildman–Crippen MR) is 108 cm³/mol. The number of rotatable bonds is 3. The van der Waals surface area contributed by atoms with Gasteiger partial charge >= 0.3 is 5.97 Å². The number of carbonyl (C=O) groups is 1. The number of fused-ring (bicyclic) bond motifs is 1. The Hall–Kier alpha value is -4.21. The van der Waals surface area contributed by atoms with Crippen LogP contribution < -0.4 is 4.74 Å². The number of phenols is 5. The van der Waals surface area contributed by atoms with Crippen LogP contribution in [0.25, 0.3) is 0 Å². The minimum Gasteiger partial charge on any atom is -0.508 e. The molecule has 32 heavy (non-hydrogen) atoms. The molecule has 2 aromatic carbocycles. The van der Waals surface area contributed by atoms with Crippen molar-refractivity contribution >= 4 is 5.97 Å². The van der Waals surface area contributed by atoms with E-state index in [4.69, 9.17) is 9.47 Å². The first-order valence-corrected chi connectivity index (χ1v) is 9.60. The first-order chi connectivity index (χ1) is 15.1. The van der Waals surface area contributed by atoms with Crippen molar-refractivity contribution in [1.82, 2.24) is 0 Å². The quantitative estimate of drug-likeness (QED) is 0.275. The Bertz CT molecular complexity index is 1130. The van der Waals surface area contributed by atoms with E-state index in [1.165, 1.54) is 12.1 Å². The van der Waals surface area contributed by atoms with Crippen molar-refractivity contribution in [1.29, 1.82) is 0 Å². The average Bonchev–Trinajstić information content (AvgIpc) is 2.73. The molecule has 2 aromatic rings. The number of aliphatic hydroxyl groups excluding tert-OH is 2. The maximum atomic E-state index is 12.7. The van der Waals surface area contributed by atoms with E-state index < -0.39 is 41.3 Å². The highest BCUT2D eigenvalue weighted by Gasteiger charge is 2.40. The summed E-state index contributed by atoms with van der Waals surface area (Å²) in [6.45, 7) is 0. The summed E-state index contributed by atoms with van der Waals surface area (Å²) >= 11 is 0. The fourth-order valence-corrected chi connectivity index (χ4v) is 3.80. The minimum atomic E-state index is -0.994. The van der Waals surface area contributed by atoms with Gasteiger partial charge in [-0.3, -0.25) is 0 Å². The molecule has 1 unspecified atom stereocenters. The van der Waals surface area contributed by atoms with Crippen LogP contribution in [-0.4, -0.2) is 53.9 Å². The smallest absolute Gasteiger partial charge is 0.338 e. The fourth-order valence-electron chi connectivity index (χ4n) is 3.80. The van der Waals surface area contributed by atoms with Crippen molar-refractivity contribution in [2.45, 2.75) is 25.0 Å². The molecule has 0 radical (unpaired) electrons. The van der Waals surface area contributed by atoms with Gasteiger partial charge in [0.15, 0.2) is 23.0 Å². The molecule has 10 heteroatoms. The van der Waals surface area contributed by atoms with Crippen LogP contribution >= 0.6 is 0 Å². The van der Waals surface area contributed by atoms with Crippen LogP contribution in [0, 0.1) is 5.92 Å². The van der Waals surface area contributed by atoms with E-state index in [1.807, 2.05) is 0 Å². The molecule has 0 fully saturated rings. The van der Waals surface area contributed by atoms with Crippen LogP contribution in [0.5, 0.6) is 34.5 Å². The lowest BCUT2D eigenvalue weighted by atomic mass is 9.85. The summed E-state index contributed by atoms with van der Waals surface area (Å²) in [5.74, 6) is -4.59. The zero-order chi connectivity index (χ0) is 23.2. The van der Waals surface area contributed by atoms with E-state index in [1.54, 1.807) is 6.08 Å². The van der Waals surface area contributed by atoms with Gasteiger partial charge < -0.3 is 45.2 Å². The van der Waals surface area contributed by atoms with Crippen molar-refractivity contribution in [3.63, 3.8) is 0 Å². The molecule has 7 N–H and O–H groups in total. The van der Waals surface area contributed by atoms with Gasteiger partial charge in [-0.1, -0.05) is 6.08 Å². The van der Waals surface area contributed by atoms with Crippen molar-refractivity contribution in [2.24, 2.45) is 5.92 Å². The molecule has 1 heterocycles. The maximum absolute atomic E-state index is 12.7. The van der Waals surface area contributed by atoms with Gasteiger partial charge in [0.05, 0.1) is 5.56 Å². The zero-order valence-electron chi connectivity index (χ0n) is 16.5. The number of phenolic OH excluding ortho intramolecular Hbond substituents is 5. The summed E-state index contributed by atoms with van der Waals surface area (Å²) in [6.07, 6.45) is 0.977. The molecule has 2 aliphatic rings. The first kappa shape index (κ1) is 21.0. The van der Waals surface area contributed by atoms with Crippen molar-refractivity contribution in [3.05, 3.63) is 59.1 Å². The fraction of sp³-hybridized carbons (Fsp3) is 0.227. The molecule has 0 saturated heterocycles. The molecule has 4 rings (SSSR count). The molecular formula is C22H20O10. The topological polar surface area (TPSA) is 177 Å². The Kier molecular flexibility index (Phi) is 5.13. The number of ether oxygens (including phenoxy) is 2. The van der Waals surface area contributed by atoms with E-state index in [0.717, 1.165) is 18.2 Å². The molecule has 0 saturated carbocycles. The Morgan fingerprint density at radius 2 is 1.59 bits per heavy atom. The van der Waals surface area contributed by atoms with Crippen LogP contribution in [0.15, 0.2) is 47.9 Å². The van der Waals surface area contributed by atoms with Gasteiger partial charge in [0, 0.05) is 36.5 Å². The van der Waals surface area contributed by atoms with Crippen molar-refractivity contribution < 1.29 is 50.0 Å². The molecule has 1 aliphatic heterocycles. The lowest BCUT2D eigenvalue weighted by molar-refractivity contribution is -0.0326. The highest BCUT2D eigenvalue weighted by atomic mass is 16.6. The summed E-state index contributed by atoms with van der Waals surface area (Å²) in [7, 11) is 0. The van der Waals surface area contributed by atoms with Crippen LogP contribution in [0.3, 0.4) is 0 Å². The largest absolute Gasteiger partial charge is 0.508 e. The number of aromatic hydroxyl groups is 5. The third-order valence-corrected chi connectivity index (χ3v) is 5.42. The number of benzene rings is 2. The SMILES string of the molecule is O=C(O[C@H]1Cc2c(O)cc(O)cc2O[C@@H]1C1C=CC(O)=C(O)C1)c1cc(O)c(O)c(O)c1. The van der Waals surface area contributed by atoms with E-state index in [-0.39, 0.29) is 52.7 Å². The van der Waals surface area contributed by atoms with Crippen LogP contribution in [0.2, 0.25) is 0 Å². The molecular weight excluding hydrogens is 424 g/mol. The van der Waals surface area contributed by atoms with Gasteiger partial charge in [0.25, 0.3) is 0 Å². The van der Waals surface area contributed by atoms with Crippen molar-refractivity contribution in [3.8, 4) is 34.5 Å². The second-order valence-electron chi connectivity index (χ2n) is 7.59. The molecule has 0 aromatic heterocycles. The van der Waals surface area contributed by atoms with E-state index in [9.17, 15) is 40.5 Å². The monoisotopic (exact) mass is 444 g/mol. The first-order valence-electron chi connectivity index (χ1n) is 9.60. The Labute approximate surface area is 181 Å². The third-order valence-electron chi connectivity index (χ3n) is 5.42. The summed E-state index contributed by atoms with van der Waals surface area (Å²) < 4.78 is 11.5. The summed E-state index contributed by atoms with van der Waals surface area (Å²) in [5, 5.41) is 68.4. The Balaban J connectivity index is 1.67. The highest BCUT2D eigenvalue weighted by Crippen LogP contribution is 2.42. The lowest BCUT2D eigenvalue weighted by Crippen LogP contribution is -2.45. The predicted octanol–water partition coefficient (Wildman–Crippen LogP) is 2.65. The Morgan fingerprint density at radius 1 is 0.906 bits per heavy atom. The van der Waals surface area contributed by atoms with Gasteiger partial charge in [-0.25, -0.2) is 4.79 Å². The summed E-state index contributed by atoms with van der Waals surface area (Å²) in [6, 6.07) is 4.26. The van der Waals surface area contributed by atoms with Crippen LogP contribution in [0.4, 0.5) is 0 Å².